The highest BCUT2D eigenvalue weighted by atomic mass is 35.5. The number of amides is 1. The number of aryl methyl sites for hydroxylation is 3. The van der Waals surface area contributed by atoms with Crippen molar-refractivity contribution in [3.63, 3.8) is 0 Å². The maximum absolute atomic E-state index is 12.4. The minimum atomic E-state index is -1.15. The summed E-state index contributed by atoms with van der Waals surface area (Å²) in [6.45, 7) is 7.34. The first-order chi connectivity index (χ1) is 14.2. The number of benzene rings is 1. The number of carbonyl (C=O) groups is 2. The van der Waals surface area contributed by atoms with Crippen LogP contribution < -0.4 is 10.1 Å². The third-order valence-electron chi connectivity index (χ3n) is 4.64. The zero-order chi connectivity index (χ0) is 22.0. The first-order valence-corrected chi connectivity index (χ1v) is 9.53. The lowest BCUT2D eigenvalue weighted by molar-refractivity contribution is -0.116. The van der Waals surface area contributed by atoms with Gasteiger partial charge >= 0.3 is 5.97 Å². The standard InChI is InChI=1S/C20H22ClN5O4/c1-11-7-15(8-12(2)18(11)21)30-10-26-14(4)19(13(3)24-26)23-17(27)9-25-16(20(28)29)5-6-22-25/h5-8H,9-10H2,1-4H3,(H,23,27)(H,28,29). The highest BCUT2D eigenvalue weighted by Gasteiger charge is 2.17. The molecule has 2 aromatic heterocycles. The molecule has 0 aliphatic rings. The number of aromatic nitrogens is 4. The molecule has 1 aromatic carbocycles. The molecule has 0 unspecified atom stereocenters. The van der Waals surface area contributed by atoms with E-state index in [1.54, 1.807) is 11.6 Å². The fourth-order valence-corrected chi connectivity index (χ4v) is 3.19. The minimum Gasteiger partial charge on any atom is -0.477 e. The maximum atomic E-state index is 12.4. The van der Waals surface area contributed by atoms with Crippen molar-refractivity contribution in [2.45, 2.75) is 41.0 Å². The van der Waals surface area contributed by atoms with Gasteiger partial charge in [0.2, 0.25) is 5.91 Å². The molecule has 30 heavy (non-hydrogen) atoms. The zero-order valence-electron chi connectivity index (χ0n) is 17.1. The number of ether oxygens (including phenoxy) is 1. The van der Waals surface area contributed by atoms with E-state index in [0.29, 0.717) is 27.8 Å². The average molecular weight is 432 g/mol. The summed E-state index contributed by atoms with van der Waals surface area (Å²) in [6.07, 6.45) is 1.34. The Morgan fingerprint density at radius 2 is 1.83 bits per heavy atom. The number of carbonyl (C=O) groups excluding carboxylic acids is 1. The number of halogens is 1. The van der Waals surface area contributed by atoms with Crippen LogP contribution >= 0.6 is 11.6 Å². The molecule has 158 valence electrons. The quantitative estimate of drug-likeness (QED) is 0.593. The second kappa shape index (κ2) is 8.58. The lowest BCUT2D eigenvalue weighted by Gasteiger charge is -2.11. The number of carboxylic acids is 1. The third kappa shape index (κ3) is 4.46. The van der Waals surface area contributed by atoms with Crippen LogP contribution in [0.4, 0.5) is 5.69 Å². The third-order valence-corrected chi connectivity index (χ3v) is 5.23. The first-order valence-electron chi connectivity index (χ1n) is 9.16. The molecule has 3 rings (SSSR count). The predicted molar refractivity (Wildman–Crippen MR) is 111 cm³/mol. The van der Waals surface area contributed by atoms with Crippen molar-refractivity contribution in [3.8, 4) is 5.75 Å². The van der Waals surface area contributed by atoms with Gasteiger partial charge in [-0.2, -0.15) is 10.2 Å². The Hall–Kier alpha value is -3.33. The van der Waals surface area contributed by atoms with Crippen molar-refractivity contribution in [3.05, 3.63) is 57.6 Å². The van der Waals surface area contributed by atoms with E-state index in [9.17, 15) is 9.59 Å². The Morgan fingerprint density at radius 1 is 1.17 bits per heavy atom. The van der Waals surface area contributed by atoms with Gasteiger partial charge in [0.25, 0.3) is 0 Å². The van der Waals surface area contributed by atoms with Crippen molar-refractivity contribution in [1.82, 2.24) is 19.6 Å². The van der Waals surface area contributed by atoms with E-state index in [4.69, 9.17) is 21.4 Å². The van der Waals surface area contributed by atoms with Gasteiger partial charge in [0.15, 0.2) is 6.73 Å². The van der Waals surface area contributed by atoms with Crippen LogP contribution in [0.15, 0.2) is 24.4 Å². The van der Waals surface area contributed by atoms with Crippen molar-refractivity contribution in [2.24, 2.45) is 0 Å². The lowest BCUT2D eigenvalue weighted by atomic mass is 10.1. The second-order valence-corrected chi connectivity index (χ2v) is 7.30. The largest absolute Gasteiger partial charge is 0.477 e. The summed E-state index contributed by atoms with van der Waals surface area (Å²) in [6, 6.07) is 5.04. The fourth-order valence-electron chi connectivity index (χ4n) is 3.08. The summed E-state index contributed by atoms with van der Waals surface area (Å²) in [5.74, 6) is -0.880. The van der Waals surface area contributed by atoms with Crippen molar-refractivity contribution < 1.29 is 19.4 Å². The molecule has 0 spiro atoms. The summed E-state index contributed by atoms with van der Waals surface area (Å²) in [4.78, 5) is 23.6. The van der Waals surface area contributed by atoms with Gasteiger partial charge in [-0.3, -0.25) is 4.79 Å². The molecule has 9 nitrogen and oxygen atoms in total. The monoisotopic (exact) mass is 431 g/mol. The molecular weight excluding hydrogens is 410 g/mol. The van der Waals surface area contributed by atoms with E-state index in [1.807, 2.05) is 32.9 Å². The Bertz CT molecular complexity index is 1100. The molecular formula is C20H22ClN5O4. The van der Waals surface area contributed by atoms with Crippen LogP contribution in [0.25, 0.3) is 0 Å². The molecule has 0 atom stereocenters. The Kier molecular flexibility index (Phi) is 6.12. The average Bonchev–Trinajstić information content (AvgIpc) is 3.24. The van der Waals surface area contributed by atoms with Gasteiger partial charge in [-0.25, -0.2) is 14.2 Å². The highest BCUT2D eigenvalue weighted by molar-refractivity contribution is 6.32. The highest BCUT2D eigenvalue weighted by Crippen LogP contribution is 2.26. The lowest BCUT2D eigenvalue weighted by Crippen LogP contribution is -2.22. The smallest absolute Gasteiger partial charge is 0.354 e. The molecule has 2 heterocycles. The van der Waals surface area contributed by atoms with Crippen LogP contribution in [-0.4, -0.2) is 36.5 Å². The normalized spacial score (nSPS) is 10.8. The first kappa shape index (κ1) is 21.4. The number of nitrogens with one attached hydrogen (secondary N) is 1. The van der Waals surface area contributed by atoms with Crippen LogP contribution in [0, 0.1) is 27.7 Å². The molecule has 0 saturated heterocycles. The molecule has 1 amide bonds. The number of rotatable bonds is 7. The number of carboxylic acid groups (broad SMARTS) is 1. The van der Waals surface area contributed by atoms with Crippen LogP contribution in [0.2, 0.25) is 5.02 Å². The Labute approximate surface area is 178 Å². The van der Waals surface area contributed by atoms with Gasteiger partial charge in [0, 0.05) is 11.2 Å². The topological polar surface area (TPSA) is 111 Å². The van der Waals surface area contributed by atoms with Gasteiger partial charge in [0.05, 0.1) is 17.1 Å². The van der Waals surface area contributed by atoms with Crippen molar-refractivity contribution in [1.29, 1.82) is 0 Å². The fraction of sp³-hybridized carbons (Fsp3) is 0.300. The summed E-state index contributed by atoms with van der Waals surface area (Å²) >= 11 is 6.19. The zero-order valence-corrected chi connectivity index (χ0v) is 17.8. The van der Waals surface area contributed by atoms with E-state index in [2.05, 4.69) is 15.5 Å². The summed E-state index contributed by atoms with van der Waals surface area (Å²) in [7, 11) is 0. The minimum absolute atomic E-state index is 0.0590. The van der Waals surface area contributed by atoms with Crippen LogP contribution in [0.3, 0.4) is 0 Å². The molecule has 0 saturated carbocycles. The van der Waals surface area contributed by atoms with E-state index < -0.39 is 11.9 Å². The molecule has 2 N–H and O–H groups in total. The van der Waals surface area contributed by atoms with E-state index in [-0.39, 0.29) is 19.0 Å². The molecule has 10 heteroatoms. The molecule has 0 bridgehead atoms. The number of nitrogens with zero attached hydrogens (tertiary/aromatic N) is 4. The number of anilines is 1. The van der Waals surface area contributed by atoms with Crippen LogP contribution in [0.1, 0.15) is 33.0 Å². The van der Waals surface area contributed by atoms with Crippen LogP contribution in [0.5, 0.6) is 5.75 Å². The van der Waals surface area contributed by atoms with E-state index in [0.717, 1.165) is 15.8 Å². The van der Waals surface area contributed by atoms with Crippen molar-refractivity contribution >= 4 is 29.2 Å². The summed E-state index contributed by atoms with van der Waals surface area (Å²) < 4.78 is 8.61. The van der Waals surface area contributed by atoms with Gasteiger partial charge < -0.3 is 15.2 Å². The Morgan fingerprint density at radius 3 is 2.47 bits per heavy atom. The summed E-state index contributed by atoms with van der Waals surface area (Å²) in [5.41, 5.74) is 3.67. The molecule has 0 aliphatic carbocycles. The molecule has 3 aromatic rings. The van der Waals surface area contributed by atoms with Gasteiger partial charge in [-0.15, -0.1) is 0 Å². The molecule has 0 radical (unpaired) electrons. The predicted octanol–water partition coefficient (Wildman–Crippen LogP) is 3.34. The van der Waals surface area contributed by atoms with Gasteiger partial charge in [-0.05, 0) is 57.0 Å². The van der Waals surface area contributed by atoms with Gasteiger partial charge in [-0.1, -0.05) is 11.6 Å². The van der Waals surface area contributed by atoms with Crippen LogP contribution in [-0.2, 0) is 18.1 Å². The number of hydrogen-bond donors (Lipinski definition) is 2. The van der Waals surface area contributed by atoms with Gasteiger partial charge in [0.1, 0.15) is 18.0 Å². The Balaban J connectivity index is 1.70. The SMILES string of the molecule is Cc1cc(OCn2nc(C)c(NC(=O)Cn3nccc3C(=O)O)c2C)cc(C)c1Cl. The summed E-state index contributed by atoms with van der Waals surface area (Å²) in [5, 5.41) is 20.9. The van der Waals surface area contributed by atoms with E-state index >= 15 is 0 Å². The second-order valence-electron chi connectivity index (χ2n) is 6.92. The molecule has 0 fully saturated rings. The van der Waals surface area contributed by atoms with Crippen molar-refractivity contribution in [2.75, 3.05) is 5.32 Å². The maximum Gasteiger partial charge on any atom is 0.354 e. The van der Waals surface area contributed by atoms with E-state index in [1.165, 1.54) is 12.3 Å². The number of aromatic carboxylic acids is 1. The number of hydrogen-bond acceptors (Lipinski definition) is 5. The molecule has 0 aliphatic heterocycles.